The molecule has 8 heteroatoms. The van der Waals surface area contributed by atoms with Crippen LogP contribution in [0.2, 0.25) is 0 Å². The van der Waals surface area contributed by atoms with E-state index in [2.05, 4.69) is 26.8 Å². The van der Waals surface area contributed by atoms with E-state index in [0.717, 1.165) is 23.0 Å². The SMILES string of the molecule is CCc1cnc2c(N3CC(N(C)C(=O)OC(C)(C)C)C3)nc(N)nc2c1. The molecule has 0 saturated carbocycles. The highest BCUT2D eigenvalue weighted by atomic mass is 16.6. The number of nitrogens with two attached hydrogens (primary N) is 1. The van der Waals surface area contributed by atoms with Crippen molar-refractivity contribution in [2.45, 2.75) is 45.8 Å². The van der Waals surface area contributed by atoms with Crippen LogP contribution < -0.4 is 10.6 Å². The number of aromatic nitrogens is 3. The second-order valence-electron chi connectivity index (χ2n) is 7.62. The Morgan fingerprint density at radius 3 is 2.69 bits per heavy atom. The lowest BCUT2D eigenvalue weighted by molar-refractivity contribution is 0.0197. The maximum absolute atomic E-state index is 12.2. The minimum Gasteiger partial charge on any atom is -0.444 e. The van der Waals surface area contributed by atoms with E-state index in [0.29, 0.717) is 18.9 Å². The molecule has 1 aliphatic rings. The Balaban J connectivity index is 1.75. The summed E-state index contributed by atoms with van der Waals surface area (Å²) in [5.41, 5.74) is 7.96. The Hall–Kier alpha value is -2.64. The van der Waals surface area contributed by atoms with Crippen molar-refractivity contribution in [2.75, 3.05) is 30.8 Å². The van der Waals surface area contributed by atoms with Crippen LogP contribution in [-0.4, -0.2) is 57.7 Å². The van der Waals surface area contributed by atoms with Crippen LogP contribution >= 0.6 is 0 Å². The number of nitrogen functional groups attached to an aromatic ring is 1. The number of fused-ring (bicyclic) bond motifs is 1. The van der Waals surface area contributed by atoms with E-state index in [-0.39, 0.29) is 18.1 Å². The smallest absolute Gasteiger partial charge is 0.410 e. The van der Waals surface area contributed by atoms with Gasteiger partial charge in [0.05, 0.1) is 11.6 Å². The number of amides is 1. The molecule has 0 radical (unpaired) electrons. The topological polar surface area (TPSA) is 97.5 Å². The van der Waals surface area contributed by atoms with E-state index in [4.69, 9.17) is 10.5 Å². The van der Waals surface area contributed by atoms with Gasteiger partial charge in [0.25, 0.3) is 0 Å². The van der Waals surface area contributed by atoms with E-state index in [1.165, 1.54) is 0 Å². The molecule has 3 heterocycles. The van der Waals surface area contributed by atoms with Crippen LogP contribution in [0.1, 0.15) is 33.3 Å². The number of anilines is 2. The molecule has 0 aliphatic carbocycles. The van der Waals surface area contributed by atoms with E-state index in [1.54, 1.807) is 11.9 Å². The number of carbonyl (C=O) groups excluding carboxylic acids is 1. The molecule has 140 valence electrons. The van der Waals surface area contributed by atoms with E-state index in [9.17, 15) is 4.79 Å². The van der Waals surface area contributed by atoms with Gasteiger partial charge in [-0.15, -0.1) is 0 Å². The zero-order chi connectivity index (χ0) is 19.1. The minimum atomic E-state index is -0.507. The van der Waals surface area contributed by atoms with E-state index < -0.39 is 5.60 Å². The number of hydrogen-bond acceptors (Lipinski definition) is 7. The Morgan fingerprint density at radius 1 is 1.38 bits per heavy atom. The normalized spacial score (nSPS) is 15.0. The van der Waals surface area contributed by atoms with Crippen molar-refractivity contribution in [3.8, 4) is 0 Å². The van der Waals surface area contributed by atoms with Crippen molar-refractivity contribution in [1.29, 1.82) is 0 Å². The molecule has 0 atom stereocenters. The third-order valence-electron chi connectivity index (χ3n) is 4.39. The third-order valence-corrected chi connectivity index (χ3v) is 4.39. The van der Waals surface area contributed by atoms with Gasteiger partial charge >= 0.3 is 6.09 Å². The van der Waals surface area contributed by atoms with Gasteiger partial charge in [0, 0.05) is 26.3 Å². The van der Waals surface area contributed by atoms with Crippen molar-refractivity contribution in [3.05, 3.63) is 17.8 Å². The van der Waals surface area contributed by atoms with Crippen molar-refractivity contribution in [1.82, 2.24) is 19.9 Å². The molecule has 8 nitrogen and oxygen atoms in total. The maximum atomic E-state index is 12.2. The Bertz CT molecular complexity index is 826. The highest BCUT2D eigenvalue weighted by Gasteiger charge is 2.36. The van der Waals surface area contributed by atoms with Gasteiger partial charge < -0.3 is 20.3 Å². The fourth-order valence-corrected chi connectivity index (χ4v) is 2.83. The standard InChI is InChI=1S/C18H26N6O2/c1-6-11-7-13-14(20-8-11)15(22-16(19)21-13)24-9-12(10-24)23(5)17(25)26-18(2,3)4/h7-8,12H,6,9-10H2,1-5H3,(H2,19,21,22). The number of likely N-dealkylation sites (N-methyl/N-ethyl adjacent to an activating group) is 1. The zero-order valence-corrected chi connectivity index (χ0v) is 16.0. The number of nitrogens with zero attached hydrogens (tertiary/aromatic N) is 5. The van der Waals surface area contributed by atoms with Gasteiger partial charge in [0.15, 0.2) is 5.82 Å². The lowest BCUT2D eigenvalue weighted by atomic mass is 10.1. The van der Waals surface area contributed by atoms with Crippen LogP contribution in [-0.2, 0) is 11.2 Å². The molecule has 26 heavy (non-hydrogen) atoms. The molecule has 1 fully saturated rings. The molecule has 2 aromatic rings. The summed E-state index contributed by atoms with van der Waals surface area (Å²) in [4.78, 5) is 29.1. The molecular weight excluding hydrogens is 332 g/mol. The van der Waals surface area contributed by atoms with Crippen LogP contribution in [0.15, 0.2) is 12.3 Å². The van der Waals surface area contributed by atoms with Gasteiger partial charge in [-0.3, -0.25) is 4.98 Å². The molecule has 1 aliphatic heterocycles. The van der Waals surface area contributed by atoms with Crippen molar-refractivity contribution < 1.29 is 9.53 Å². The van der Waals surface area contributed by atoms with Crippen LogP contribution in [0.4, 0.5) is 16.6 Å². The number of hydrogen-bond donors (Lipinski definition) is 1. The molecule has 1 saturated heterocycles. The lowest BCUT2D eigenvalue weighted by Gasteiger charge is -2.44. The van der Waals surface area contributed by atoms with Crippen LogP contribution in [0.5, 0.6) is 0 Å². The average Bonchev–Trinajstić information content (AvgIpc) is 2.50. The van der Waals surface area contributed by atoms with Gasteiger partial charge in [0.2, 0.25) is 5.95 Å². The van der Waals surface area contributed by atoms with Crippen LogP contribution in [0.3, 0.4) is 0 Å². The van der Waals surface area contributed by atoms with Crippen LogP contribution in [0.25, 0.3) is 11.0 Å². The van der Waals surface area contributed by atoms with Gasteiger partial charge in [0.1, 0.15) is 11.1 Å². The fourth-order valence-electron chi connectivity index (χ4n) is 2.83. The molecule has 1 amide bonds. The summed E-state index contributed by atoms with van der Waals surface area (Å²) >= 11 is 0. The summed E-state index contributed by atoms with van der Waals surface area (Å²) in [7, 11) is 1.76. The number of carbonyl (C=O) groups is 1. The zero-order valence-electron chi connectivity index (χ0n) is 16.0. The largest absolute Gasteiger partial charge is 0.444 e. The number of ether oxygens (including phenoxy) is 1. The Kier molecular flexibility index (Phi) is 4.60. The summed E-state index contributed by atoms with van der Waals surface area (Å²) in [6.07, 6.45) is 2.41. The van der Waals surface area contributed by atoms with Gasteiger partial charge in [-0.05, 0) is 38.8 Å². The first-order valence-electron chi connectivity index (χ1n) is 8.81. The van der Waals surface area contributed by atoms with Gasteiger partial charge in [-0.1, -0.05) is 6.92 Å². The van der Waals surface area contributed by atoms with E-state index in [1.807, 2.05) is 33.0 Å². The first-order valence-corrected chi connectivity index (χ1v) is 8.81. The molecular formula is C18H26N6O2. The molecule has 3 rings (SSSR count). The second kappa shape index (κ2) is 6.59. The Labute approximate surface area is 153 Å². The summed E-state index contributed by atoms with van der Waals surface area (Å²) < 4.78 is 5.42. The first-order chi connectivity index (χ1) is 12.2. The predicted molar refractivity (Wildman–Crippen MR) is 101 cm³/mol. The van der Waals surface area contributed by atoms with Crippen LogP contribution in [0, 0.1) is 0 Å². The highest BCUT2D eigenvalue weighted by Crippen LogP contribution is 2.29. The molecule has 2 N–H and O–H groups in total. The molecule has 2 aromatic heterocycles. The molecule has 0 bridgehead atoms. The molecule has 0 spiro atoms. The summed E-state index contributed by atoms with van der Waals surface area (Å²) in [6, 6.07) is 2.06. The number of pyridine rings is 1. The summed E-state index contributed by atoms with van der Waals surface area (Å²) in [5.74, 6) is 0.940. The highest BCUT2D eigenvalue weighted by molar-refractivity contribution is 5.87. The van der Waals surface area contributed by atoms with Crippen molar-refractivity contribution in [2.24, 2.45) is 0 Å². The van der Waals surface area contributed by atoms with Crippen molar-refractivity contribution >= 4 is 28.9 Å². The fraction of sp³-hybridized carbons (Fsp3) is 0.556. The predicted octanol–water partition coefficient (Wildman–Crippen LogP) is 2.22. The Morgan fingerprint density at radius 2 is 2.08 bits per heavy atom. The van der Waals surface area contributed by atoms with Crippen molar-refractivity contribution in [3.63, 3.8) is 0 Å². The quantitative estimate of drug-likeness (QED) is 0.898. The summed E-state index contributed by atoms with van der Waals surface area (Å²) in [5, 5.41) is 0. The maximum Gasteiger partial charge on any atom is 0.410 e. The minimum absolute atomic E-state index is 0.0611. The molecule has 0 aromatic carbocycles. The molecule has 0 unspecified atom stereocenters. The first kappa shape index (κ1) is 18.2. The monoisotopic (exact) mass is 358 g/mol. The average molecular weight is 358 g/mol. The van der Waals surface area contributed by atoms with E-state index >= 15 is 0 Å². The lowest BCUT2D eigenvalue weighted by Crippen LogP contribution is -2.60. The second-order valence-corrected chi connectivity index (χ2v) is 7.62. The number of rotatable bonds is 3. The number of aryl methyl sites for hydroxylation is 1. The summed E-state index contributed by atoms with van der Waals surface area (Å²) in [6.45, 7) is 8.95. The third kappa shape index (κ3) is 3.63. The van der Waals surface area contributed by atoms with Gasteiger partial charge in [-0.2, -0.15) is 4.98 Å². The van der Waals surface area contributed by atoms with Gasteiger partial charge in [-0.25, -0.2) is 9.78 Å².